The number of hydrogen-bond acceptors (Lipinski definition) is 8. The molecule has 39 heavy (non-hydrogen) atoms. The molecule has 0 radical (unpaired) electrons. The van der Waals surface area contributed by atoms with Crippen molar-refractivity contribution >= 4 is 32.4 Å². The summed E-state index contributed by atoms with van der Waals surface area (Å²) in [6, 6.07) is 4.60. The molecule has 1 amide bonds. The Hall–Kier alpha value is -2.63. The summed E-state index contributed by atoms with van der Waals surface area (Å²) in [4.78, 5) is 20.4. The molecule has 0 aliphatic heterocycles. The number of methoxy groups -OCH3 is 2. The molecule has 0 unspecified atom stereocenters. The normalized spacial score (nSPS) is 27.1. The number of aliphatic hydroxyl groups is 1. The number of benzene rings is 1. The Morgan fingerprint density at radius 3 is 2.74 bits per heavy atom. The third-order valence-corrected chi connectivity index (χ3v) is 11.1. The summed E-state index contributed by atoms with van der Waals surface area (Å²) in [5, 5.41) is 11.9. The van der Waals surface area contributed by atoms with Crippen LogP contribution in [0, 0.1) is 23.2 Å². The standard InChI is InChI=1S/C28H39N3O6S2/c1-8-13-31(5)26(33)16(2)19-11-12-28(4)15-21-24(17(3)23(28)25(19)32)29-27(38-21)30-39(34,35)22-14-18(36-6)9-10-20(22)37-7/h8-10,14,16-17,19,23,25,32H,1,11-13,15H2,2-7H3,(H,29,30)/t16-,17-,19-,23+,25-,28-/m0/s1. The minimum atomic E-state index is -4.01. The molecule has 2 aliphatic carbocycles. The fraction of sp³-hybridized carbons (Fsp3) is 0.571. The topological polar surface area (TPSA) is 118 Å². The van der Waals surface area contributed by atoms with E-state index >= 15 is 0 Å². The van der Waals surface area contributed by atoms with E-state index in [1.807, 2.05) is 13.8 Å². The van der Waals surface area contributed by atoms with Gasteiger partial charge in [-0.05, 0) is 48.6 Å². The van der Waals surface area contributed by atoms with Crippen molar-refractivity contribution in [3.8, 4) is 11.5 Å². The first-order valence-electron chi connectivity index (χ1n) is 13.1. The molecule has 1 aromatic heterocycles. The number of thiazole rings is 1. The second-order valence-electron chi connectivity index (χ2n) is 11.1. The number of fused-ring (bicyclic) bond motifs is 2. The van der Waals surface area contributed by atoms with Gasteiger partial charge >= 0.3 is 0 Å². The van der Waals surface area contributed by atoms with E-state index in [0.29, 0.717) is 18.7 Å². The number of rotatable bonds is 9. The third-order valence-electron chi connectivity index (χ3n) is 8.61. The Bertz CT molecular complexity index is 1340. The number of aliphatic hydroxyl groups excluding tert-OH is 1. The second kappa shape index (κ2) is 11.1. The van der Waals surface area contributed by atoms with Crippen LogP contribution in [0.3, 0.4) is 0 Å². The number of hydrogen-bond donors (Lipinski definition) is 2. The Morgan fingerprint density at radius 1 is 1.38 bits per heavy atom. The van der Waals surface area contributed by atoms with Crippen LogP contribution in [0.5, 0.6) is 11.5 Å². The first-order valence-corrected chi connectivity index (χ1v) is 15.4. The summed E-state index contributed by atoms with van der Waals surface area (Å²) in [5.41, 5.74) is 0.622. The Balaban J connectivity index is 1.60. The van der Waals surface area contributed by atoms with Gasteiger partial charge in [0.15, 0.2) is 5.13 Å². The summed E-state index contributed by atoms with van der Waals surface area (Å²) in [7, 11) is 0.636. The van der Waals surface area contributed by atoms with Crippen LogP contribution in [0.15, 0.2) is 35.7 Å². The van der Waals surface area contributed by atoms with Crippen LogP contribution < -0.4 is 14.2 Å². The van der Waals surface area contributed by atoms with E-state index in [1.54, 1.807) is 30.2 Å². The highest BCUT2D eigenvalue weighted by Gasteiger charge is 2.54. The number of amides is 1. The van der Waals surface area contributed by atoms with Crippen LogP contribution in [0.4, 0.5) is 5.13 Å². The molecule has 214 valence electrons. The molecule has 2 aromatic rings. The Morgan fingerprint density at radius 2 is 2.10 bits per heavy atom. The van der Waals surface area contributed by atoms with Gasteiger partial charge in [-0.25, -0.2) is 13.4 Å². The van der Waals surface area contributed by atoms with Gasteiger partial charge in [0.1, 0.15) is 16.4 Å². The van der Waals surface area contributed by atoms with Gasteiger partial charge < -0.3 is 19.5 Å². The van der Waals surface area contributed by atoms with Crippen molar-refractivity contribution in [3.05, 3.63) is 41.4 Å². The highest BCUT2D eigenvalue weighted by atomic mass is 32.2. The molecule has 4 rings (SSSR count). The van der Waals surface area contributed by atoms with E-state index in [9.17, 15) is 18.3 Å². The zero-order chi connectivity index (χ0) is 28.7. The fourth-order valence-electron chi connectivity index (χ4n) is 6.57. The van der Waals surface area contributed by atoms with Crippen molar-refractivity contribution in [3.63, 3.8) is 0 Å². The smallest absolute Gasteiger partial charge is 0.267 e. The molecule has 1 aromatic carbocycles. The van der Waals surface area contributed by atoms with Gasteiger partial charge in [0.25, 0.3) is 10.0 Å². The number of anilines is 1. The summed E-state index contributed by atoms with van der Waals surface area (Å²) in [6.07, 6.45) is 3.33. The molecule has 9 nitrogen and oxygen atoms in total. The second-order valence-corrected chi connectivity index (χ2v) is 13.8. The van der Waals surface area contributed by atoms with E-state index < -0.39 is 16.1 Å². The van der Waals surface area contributed by atoms with Crippen LogP contribution in [0.25, 0.3) is 0 Å². The maximum absolute atomic E-state index is 13.3. The van der Waals surface area contributed by atoms with Crippen molar-refractivity contribution in [2.75, 3.05) is 32.5 Å². The number of likely N-dealkylation sites (N-methyl/N-ethyl adjacent to an activating group) is 1. The quantitative estimate of drug-likeness (QED) is 0.427. The summed E-state index contributed by atoms with van der Waals surface area (Å²) >= 11 is 1.34. The molecule has 1 heterocycles. The zero-order valence-corrected chi connectivity index (χ0v) is 25.1. The molecule has 1 saturated carbocycles. The monoisotopic (exact) mass is 577 g/mol. The van der Waals surface area contributed by atoms with Crippen molar-refractivity contribution in [2.45, 2.75) is 57.0 Å². The van der Waals surface area contributed by atoms with Crippen LogP contribution in [-0.2, 0) is 21.2 Å². The largest absolute Gasteiger partial charge is 0.497 e. The number of nitrogens with zero attached hydrogens (tertiary/aromatic N) is 2. The van der Waals surface area contributed by atoms with Gasteiger partial charge in [-0.1, -0.05) is 26.8 Å². The van der Waals surface area contributed by atoms with Crippen LogP contribution in [-0.4, -0.2) is 63.2 Å². The fourth-order valence-corrected chi connectivity index (χ4v) is 9.25. The first kappa shape index (κ1) is 29.4. The zero-order valence-electron chi connectivity index (χ0n) is 23.4. The van der Waals surface area contributed by atoms with Crippen LogP contribution >= 0.6 is 11.3 Å². The maximum Gasteiger partial charge on any atom is 0.267 e. The lowest BCUT2D eigenvalue weighted by Crippen LogP contribution is -2.53. The number of aromatic nitrogens is 1. The van der Waals surface area contributed by atoms with Crippen molar-refractivity contribution in [1.82, 2.24) is 9.88 Å². The average Bonchev–Trinajstić information content (AvgIpc) is 3.28. The van der Waals surface area contributed by atoms with E-state index in [1.165, 1.54) is 31.6 Å². The SMILES string of the molecule is C=CCN(C)C(=O)[C@@H](C)[C@@H]1CC[C@@]2(C)Cc3sc(NS(=O)(=O)c4cc(OC)ccc4OC)nc3[C@@H](C)[C@@H]2[C@H]1O. The highest BCUT2D eigenvalue weighted by molar-refractivity contribution is 7.93. The molecular formula is C28H39N3O6S2. The van der Waals surface area contributed by atoms with E-state index in [2.05, 4.69) is 18.2 Å². The summed E-state index contributed by atoms with van der Waals surface area (Å²) in [6.45, 7) is 10.3. The predicted octanol–water partition coefficient (Wildman–Crippen LogP) is 4.29. The molecule has 1 fully saturated rings. The predicted molar refractivity (Wildman–Crippen MR) is 152 cm³/mol. The lowest BCUT2D eigenvalue weighted by atomic mass is 9.53. The van der Waals surface area contributed by atoms with Gasteiger partial charge in [0.2, 0.25) is 5.91 Å². The van der Waals surface area contributed by atoms with Crippen LogP contribution in [0.2, 0.25) is 0 Å². The first-order chi connectivity index (χ1) is 18.4. The van der Waals surface area contributed by atoms with E-state index in [-0.39, 0.29) is 50.8 Å². The molecule has 0 saturated heterocycles. The molecule has 6 atom stereocenters. The highest BCUT2D eigenvalue weighted by Crippen LogP contribution is 2.57. The molecule has 0 bridgehead atoms. The molecular weight excluding hydrogens is 538 g/mol. The van der Waals surface area contributed by atoms with E-state index in [4.69, 9.17) is 14.5 Å². The van der Waals surface area contributed by atoms with Crippen molar-refractivity contribution in [1.29, 1.82) is 0 Å². The van der Waals surface area contributed by atoms with Gasteiger partial charge in [0, 0.05) is 36.4 Å². The average molecular weight is 578 g/mol. The summed E-state index contributed by atoms with van der Waals surface area (Å²) < 4.78 is 39.8. The third kappa shape index (κ3) is 5.40. The van der Waals surface area contributed by atoms with Gasteiger partial charge in [-0.2, -0.15) is 0 Å². The molecule has 2 aliphatic rings. The number of carbonyl (C=O) groups excluding carboxylic acids is 1. The Kier molecular flexibility index (Phi) is 8.35. The Labute approximate surface area is 235 Å². The molecule has 2 N–H and O–H groups in total. The van der Waals surface area contributed by atoms with Crippen LogP contribution in [0.1, 0.15) is 50.1 Å². The maximum atomic E-state index is 13.3. The molecule has 0 spiro atoms. The summed E-state index contributed by atoms with van der Waals surface area (Å²) in [5.74, 6) is -0.0904. The van der Waals surface area contributed by atoms with E-state index in [0.717, 1.165) is 23.4 Å². The number of ether oxygens (including phenoxy) is 2. The lowest BCUT2D eigenvalue weighted by Gasteiger charge is -2.53. The minimum Gasteiger partial charge on any atom is -0.497 e. The number of sulfonamides is 1. The van der Waals surface area contributed by atoms with Gasteiger partial charge in [0.05, 0.1) is 26.0 Å². The lowest BCUT2D eigenvalue weighted by molar-refractivity contribution is -0.143. The van der Waals surface area contributed by atoms with Gasteiger partial charge in [-0.15, -0.1) is 17.9 Å². The number of carbonyl (C=O) groups is 1. The van der Waals surface area contributed by atoms with Crippen molar-refractivity contribution < 1.29 is 27.8 Å². The minimum absolute atomic E-state index is 0.00465. The van der Waals surface area contributed by atoms with Crippen molar-refractivity contribution in [2.24, 2.45) is 23.2 Å². The molecule has 11 heteroatoms. The van der Waals surface area contributed by atoms with Gasteiger partial charge in [-0.3, -0.25) is 9.52 Å². The number of nitrogens with one attached hydrogen (secondary N) is 1.